The molecule has 1 aliphatic rings. The standard InChI is InChI=1S/C24H27N3O2S/c1-16(2)21(26-22(28)17-8-4-3-5-9-17)24(29)27-14-12-18(13-15-27)23-25-19-10-6-7-11-20(19)30-23/h3-11,16,18,21H,12-15H2,1-2H3,(H,26,28). The fourth-order valence-corrected chi connectivity index (χ4v) is 5.07. The second-order valence-electron chi connectivity index (χ2n) is 8.18. The van der Waals surface area contributed by atoms with Crippen LogP contribution < -0.4 is 5.32 Å². The lowest BCUT2D eigenvalue weighted by atomic mass is 9.95. The van der Waals surface area contributed by atoms with Gasteiger partial charge >= 0.3 is 0 Å². The summed E-state index contributed by atoms with van der Waals surface area (Å²) in [4.78, 5) is 32.5. The van der Waals surface area contributed by atoms with Crippen LogP contribution in [-0.4, -0.2) is 40.8 Å². The van der Waals surface area contributed by atoms with Gasteiger partial charge in [0.2, 0.25) is 5.91 Å². The minimum absolute atomic E-state index is 0.0111. The predicted octanol–water partition coefficient (Wildman–Crippen LogP) is 4.46. The Bertz CT molecular complexity index is 990. The van der Waals surface area contributed by atoms with Crippen molar-refractivity contribution in [2.75, 3.05) is 13.1 Å². The Hall–Kier alpha value is -2.73. The summed E-state index contributed by atoms with van der Waals surface area (Å²) >= 11 is 1.76. The van der Waals surface area contributed by atoms with Crippen molar-refractivity contribution in [2.24, 2.45) is 5.92 Å². The number of para-hydroxylation sites is 1. The second kappa shape index (κ2) is 8.96. The van der Waals surface area contributed by atoms with Crippen LogP contribution in [0.15, 0.2) is 54.6 Å². The molecule has 1 atom stereocenters. The van der Waals surface area contributed by atoms with E-state index in [0.29, 0.717) is 24.6 Å². The normalized spacial score (nSPS) is 16.0. The molecular weight excluding hydrogens is 394 g/mol. The van der Waals surface area contributed by atoms with Gasteiger partial charge in [0.15, 0.2) is 0 Å². The molecule has 4 rings (SSSR count). The Morgan fingerprint density at radius 2 is 1.70 bits per heavy atom. The summed E-state index contributed by atoms with van der Waals surface area (Å²) in [7, 11) is 0. The van der Waals surface area contributed by atoms with Gasteiger partial charge in [-0.2, -0.15) is 0 Å². The molecule has 2 heterocycles. The first kappa shape index (κ1) is 20.5. The first-order valence-corrected chi connectivity index (χ1v) is 11.3. The number of aromatic nitrogens is 1. The van der Waals surface area contributed by atoms with Crippen molar-refractivity contribution in [1.29, 1.82) is 0 Å². The van der Waals surface area contributed by atoms with Gasteiger partial charge in [-0.15, -0.1) is 11.3 Å². The lowest BCUT2D eigenvalue weighted by molar-refractivity contribution is -0.135. The monoisotopic (exact) mass is 421 g/mol. The maximum absolute atomic E-state index is 13.2. The van der Waals surface area contributed by atoms with Crippen LogP contribution in [0.3, 0.4) is 0 Å². The summed E-state index contributed by atoms with van der Waals surface area (Å²) in [5, 5.41) is 4.12. The average Bonchev–Trinajstić information content (AvgIpc) is 3.21. The van der Waals surface area contributed by atoms with E-state index in [1.807, 2.05) is 49.1 Å². The van der Waals surface area contributed by atoms with Gasteiger partial charge in [-0.3, -0.25) is 9.59 Å². The van der Waals surface area contributed by atoms with Crippen molar-refractivity contribution in [1.82, 2.24) is 15.2 Å². The van der Waals surface area contributed by atoms with Crippen LogP contribution in [0.25, 0.3) is 10.2 Å². The van der Waals surface area contributed by atoms with Crippen LogP contribution in [0, 0.1) is 5.92 Å². The molecule has 0 aliphatic carbocycles. The molecule has 1 saturated heterocycles. The zero-order valence-electron chi connectivity index (χ0n) is 17.4. The fourth-order valence-electron chi connectivity index (χ4n) is 3.94. The number of thiazole rings is 1. The Kier molecular flexibility index (Phi) is 6.13. The van der Waals surface area contributed by atoms with E-state index in [0.717, 1.165) is 18.4 Å². The average molecular weight is 422 g/mol. The Morgan fingerprint density at radius 3 is 2.37 bits per heavy atom. The molecule has 1 aliphatic heterocycles. The number of rotatable bonds is 5. The highest BCUT2D eigenvalue weighted by Crippen LogP contribution is 2.34. The van der Waals surface area contributed by atoms with E-state index in [4.69, 9.17) is 4.98 Å². The Balaban J connectivity index is 1.39. The molecule has 0 bridgehead atoms. The molecule has 6 heteroatoms. The third-order valence-corrected chi connectivity index (χ3v) is 6.92. The van der Waals surface area contributed by atoms with Crippen molar-refractivity contribution >= 4 is 33.4 Å². The van der Waals surface area contributed by atoms with E-state index in [1.54, 1.807) is 23.5 Å². The lowest BCUT2D eigenvalue weighted by Gasteiger charge is -2.35. The van der Waals surface area contributed by atoms with E-state index in [1.165, 1.54) is 9.71 Å². The highest BCUT2D eigenvalue weighted by molar-refractivity contribution is 7.18. The fraction of sp³-hybridized carbons (Fsp3) is 0.375. The number of piperidine rings is 1. The molecule has 3 aromatic rings. The Morgan fingerprint density at radius 1 is 1.03 bits per heavy atom. The van der Waals surface area contributed by atoms with Crippen molar-refractivity contribution < 1.29 is 9.59 Å². The molecule has 5 nitrogen and oxygen atoms in total. The number of hydrogen-bond acceptors (Lipinski definition) is 4. The minimum atomic E-state index is -0.517. The van der Waals surface area contributed by atoms with Gasteiger partial charge < -0.3 is 10.2 Å². The molecule has 0 spiro atoms. The van der Waals surface area contributed by atoms with Crippen LogP contribution in [0.2, 0.25) is 0 Å². The molecule has 1 unspecified atom stereocenters. The van der Waals surface area contributed by atoms with Gasteiger partial charge in [0.1, 0.15) is 6.04 Å². The molecule has 30 heavy (non-hydrogen) atoms. The summed E-state index contributed by atoms with van der Waals surface area (Å²) in [6.45, 7) is 5.34. The van der Waals surface area contributed by atoms with Crippen molar-refractivity contribution in [3.8, 4) is 0 Å². The Labute approximate surface area is 181 Å². The zero-order valence-corrected chi connectivity index (χ0v) is 18.2. The number of nitrogens with one attached hydrogen (secondary N) is 1. The number of benzene rings is 2. The van der Waals surface area contributed by atoms with E-state index < -0.39 is 6.04 Å². The van der Waals surface area contributed by atoms with Crippen molar-refractivity contribution in [3.05, 3.63) is 65.2 Å². The number of amides is 2. The van der Waals surface area contributed by atoms with Gasteiger partial charge in [-0.25, -0.2) is 4.98 Å². The van der Waals surface area contributed by atoms with Crippen LogP contribution in [-0.2, 0) is 4.79 Å². The summed E-state index contributed by atoms with van der Waals surface area (Å²) < 4.78 is 1.22. The molecular formula is C24H27N3O2S. The smallest absolute Gasteiger partial charge is 0.251 e. The van der Waals surface area contributed by atoms with E-state index in [9.17, 15) is 9.59 Å². The third-order valence-electron chi connectivity index (χ3n) is 5.72. The summed E-state index contributed by atoms with van der Waals surface area (Å²) in [5.41, 5.74) is 1.63. The highest BCUT2D eigenvalue weighted by atomic mass is 32.1. The number of likely N-dealkylation sites (tertiary alicyclic amines) is 1. The maximum Gasteiger partial charge on any atom is 0.251 e. The summed E-state index contributed by atoms with van der Waals surface area (Å²) in [6, 6.07) is 16.8. The molecule has 2 aromatic carbocycles. The second-order valence-corrected chi connectivity index (χ2v) is 9.24. The van der Waals surface area contributed by atoms with Gasteiger partial charge in [-0.05, 0) is 43.0 Å². The van der Waals surface area contributed by atoms with E-state index in [2.05, 4.69) is 17.4 Å². The summed E-state index contributed by atoms with van der Waals surface area (Å²) in [5.74, 6) is 0.221. The number of fused-ring (bicyclic) bond motifs is 1. The SMILES string of the molecule is CC(C)C(NC(=O)c1ccccc1)C(=O)N1CCC(c2nc3ccccc3s2)CC1. The third kappa shape index (κ3) is 4.38. The molecule has 0 saturated carbocycles. The zero-order chi connectivity index (χ0) is 21.1. The molecule has 156 valence electrons. The van der Waals surface area contributed by atoms with Crippen molar-refractivity contribution in [2.45, 2.75) is 38.6 Å². The first-order chi connectivity index (χ1) is 14.5. The topological polar surface area (TPSA) is 62.3 Å². The van der Waals surface area contributed by atoms with Crippen LogP contribution in [0.4, 0.5) is 0 Å². The number of hydrogen-bond donors (Lipinski definition) is 1. The largest absolute Gasteiger partial charge is 0.341 e. The number of carbonyl (C=O) groups excluding carboxylic acids is 2. The van der Waals surface area contributed by atoms with Gasteiger partial charge in [0.05, 0.1) is 15.2 Å². The van der Waals surface area contributed by atoms with Crippen LogP contribution >= 0.6 is 11.3 Å². The predicted molar refractivity (Wildman–Crippen MR) is 121 cm³/mol. The quantitative estimate of drug-likeness (QED) is 0.662. The maximum atomic E-state index is 13.2. The molecule has 1 N–H and O–H groups in total. The first-order valence-electron chi connectivity index (χ1n) is 10.5. The highest BCUT2D eigenvalue weighted by Gasteiger charge is 2.32. The minimum Gasteiger partial charge on any atom is -0.341 e. The van der Waals surface area contributed by atoms with Crippen LogP contribution in [0.1, 0.15) is 48.0 Å². The summed E-state index contributed by atoms with van der Waals surface area (Å²) in [6.07, 6.45) is 1.81. The van der Waals surface area contributed by atoms with E-state index >= 15 is 0 Å². The number of carbonyl (C=O) groups is 2. The van der Waals surface area contributed by atoms with Gasteiger partial charge in [-0.1, -0.05) is 44.2 Å². The molecule has 1 aromatic heterocycles. The number of nitrogens with zero attached hydrogens (tertiary/aromatic N) is 2. The molecule has 1 fully saturated rings. The van der Waals surface area contributed by atoms with Crippen LogP contribution in [0.5, 0.6) is 0 Å². The van der Waals surface area contributed by atoms with Gasteiger partial charge in [0, 0.05) is 24.6 Å². The van der Waals surface area contributed by atoms with E-state index in [-0.39, 0.29) is 17.7 Å². The van der Waals surface area contributed by atoms with Gasteiger partial charge in [0.25, 0.3) is 5.91 Å². The van der Waals surface area contributed by atoms with Crippen molar-refractivity contribution in [3.63, 3.8) is 0 Å². The molecule has 2 amide bonds. The molecule has 0 radical (unpaired) electrons. The lowest BCUT2D eigenvalue weighted by Crippen LogP contribution is -2.52.